The monoisotopic (exact) mass is 332 g/mol. The number of hydrogen-bond donors (Lipinski definition) is 0. The summed E-state index contributed by atoms with van der Waals surface area (Å²) in [7, 11) is -0.393. The molecular formula is C17H21BO4S. The first-order valence-corrected chi connectivity index (χ1v) is 8.61. The van der Waals surface area contributed by atoms with Crippen LogP contribution < -0.4 is 5.46 Å². The van der Waals surface area contributed by atoms with Gasteiger partial charge in [0.25, 0.3) is 0 Å². The van der Waals surface area contributed by atoms with Gasteiger partial charge in [-0.15, -0.1) is 11.3 Å². The molecule has 1 saturated heterocycles. The van der Waals surface area contributed by atoms with Gasteiger partial charge in [-0.3, -0.25) is 0 Å². The van der Waals surface area contributed by atoms with E-state index in [2.05, 4.69) is 0 Å². The molecule has 1 aromatic carbocycles. The van der Waals surface area contributed by atoms with Gasteiger partial charge in [-0.25, -0.2) is 4.79 Å². The molecule has 0 amide bonds. The predicted molar refractivity (Wildman–Crippen MR) is 93.5 cm³/mol. The maximum Gasteiger partial charge on any atom is 0.494 e. The largest absolute Gasteiger partial charge is 0.494 e. The fourth-order valence-corrected chi connectivity index (χ4v) is 3.43. The molecule has 0 radical (unpaired) electrons. The Morgan fingerprint density at radius 2 is 1.83 bits per heavy atom. The standard InChI is InChI=1S/C17H21BO4S/c1-6-20-15(19)14-10-11-9-12(7-8-13(11)23-14)18-21-16(2,3)17(4,5)22-18/h7-10H,6H2,1-5H3. The molecule has 122 valence electrons. The predicted octanol–water partition coefficient (Wildman–Crippen LogP) is 3.38. The van der Waals surface area contributed by atoms with E-state index in [1.54, 1.807) is 0 Å². The molecule has 0 N–H and O–H groups in total. The van der Waals surface area contributed by atoms with E-state index in [1.807, 2.05) is 58.9 Å². The molecule has 4 nitrogen and oxygen atoms in total. The van der Waals surface area contributed by atoms with Crippen LogP contribution in [0, 0.1) is 0 Å². The van der Waals surface area contributed by atoms with E-state index in [4.69, 9.17) is 14.0 Å². The van der Waals surface area contributed by atoms with E-state index in [0.717, 1.165) is 15.5 Å². The second-order valence-electron chi connectivity index (χ2n) is 6.72. The van der Waals surface area contributed by atoms with Gasteiger partial charge in [0.1, 0.15) is 4.88 Å². The first kappa shape index (κ1) is 16.5. The third kappa shape index (κ3) is 2.91. The summed E-state index contributed by atoms with van der Waals surface area (Å²) in [6.07, 6.45) is 0. The van der Waals surface area contributed by atoms with Gasteiger partial charge < -0.3 is 14.0 Å². The highest BCUT2D eigenvalue weighted by atomic mass is 32.1. The minimum atomic E-state index is -0.393. The van der Waals surface area contributed by atoms with Gasteiger partial charge in [0.2, 0.25) is 0 Å². The lowest BCUT2D eigenvalue weighted by Crippen LogP contribution is -2.41. The van der Waals surface area contributed by atoms with Crippen molar-refractivity contribution in [1.82, 2.24) is 0 Å². The molecule has 0 bridgehead atoms. The molecule has 1 fully saturated rings. The number of carbonyl (C=O) groups is 1. The average molecular weight is 332 g/mol. The molecule has 2 aromatic rings. The van der Waals surface area contributed by atoms with Crippen LogP contribution in [-0.4, -0.2) is 30.9 Å². The Morgan fingerprint density at radius 1 is 1.17 bits per heavy atom. The molecule has 1 aromatic heterocycles. The van der Waals surface area contributed by atoms with Gasteiger partial charge in [-0.2, -0.15) is 0 Å². The fraction of sp³-hybridized carbons (Fsp3) is 0.471. The zero-order chi connectivity index (χ0) is 16.8. The van der Waals surface area contributed by atoms with Crippen molar-refractivity contribution in [2.75, 3.05) is 6.61 Å². The highest BCUT2D eigenvalue weighted by molar-refractivity contribution is 7.20. The van der Waals surface area contributed by atoms with Crippen LogP contribution in [0.3, 0.4) is 0 Å². The lowest BCUT2D eigenvalue weighted by Gasteiger charge is -2.32. The zero-order valence-electron chi connectivity index (χ0n) is 14.1. The number of ether oxygens (including phenoxy) is 1. The third-order valence-electron chi connectivity index (χ3n) is 4.54. The minimum absolute atomic E-state index is 0.272. The van der Waals surface area contributed by atoms with E-state index in [1.165, 1.54) is 11.3 Å². The van der Waals surface area contributed by atoms with Crippen molar-refractivity contribution in [2.24, 2.45) is 0 Å². The lowest BCUT2D eigenvalue weighted by atomic mass is 9.79. The summed E-state index contributed by atoms with van der Waals surface area (Å²) in [5, 5.41) is 1.00. The molecule has 6 heteroatoms. The second kappa shape index (κ2) is 5.62. The van der Waals surface area contributed by atoms with Crippen LogP contribution in [0.1, 0.15) is 44.3 Å². The Hall–Kier alpha value is -1.37. The van der Waals surface area contributed by atoms with Crippen LogP contribution >= 0.6 is 11.3 Å². The number of esters is 1. The maximum atomic E-state index is 11.9. The molecule has 3 rings (SSSR count). The van der Waals surface area contributed by atoms with E-state index >= 15 is 0 Å². The van der Waals surface area contributed by atoms with Crippen molar-refractivity contribution >= 4 is 40.0 Å². The topological polar surface area (TPSA) is 44.8 Å². The first-order chi connectivity index (χ1) is 10.7. The Balaban J connectivity index is 1.91. The quantitative estimate of drug-likeness (QED) is 0.638. The van der Waals surface area contributed by atoms with Gasteiger partial charge in [-0.05, 0) is 57.6 Å². The molecule has 0 aliphatic carbocycles. The fourth-order valence-electron chi connectivity index (χ4n) is 2.49. The van der Waals surface area contributed by atoms with Gasteiger partial charge in [-0.1, -0.05) is 12.1 Å². The highest BCUT2D eigenvalue weighted by Gasteiger charge is 2.51. The van der Waals surface area contributed by atoms with Crippen molar-refractivity contribution in [1.29, 1.82) is 0 Å². The van der Waals surface area contributed by atoms with E-state index in [0.29, 0.717) is 11.5 Å². The van der Waals surface area contributed by atoms with Crippen molar-refractivity contribution in [2.45, 2.75) is 45.8 Å². The molecule has 1 aliphatic heterocycles. The van der Waals surface area contributed by atoms with Gasteiger partial charge in [0, 0.05) is 4.70 Å². The molecular weight excluding hydrogens is 311 g/mol. The van der Waals surface area contributed by atoms with Crippen molar-refractivity contribution in [3.05, 3.63) is 29.1 Å². The minimum Gasteiger partial charge on any atom is -0.462 e. The van der Waals surface area contributed by atoms with Crippen LogP contribution in [0.5, 0.6) is 0 Å². The van der Waals surface area contributed by atoms with E-state index in [9.17, 15) is 4.79 Å². The summed E-state index contributed by atoms with van der Waals surface area (Å²) in [5.41, 5.74) is 0.235. The molecule has 0 unspecified atom stereocenters. The number of carbonyl (C=O) groups excluding carboxylic acids is 1. The number of benzene rings is 1. The van der Waals surface area contributed by atoms with E-state index in [-0.39, 0.29) is 17.2 Å². The number of rotatable bonds is 3. The smallest absolute Gasteiger partial charge is 0.462 e. The van der Waals surface area contributed by atoms with Gasteiger partial charge >= 0.3 is 13.1 Å². The van der Waals surface area contributed by atoms with Crippen molar-refractivity contribution in [3.63, 3.8) is 0 Å². The third-order valence-corrected chi connectivity index (χ3v) is 5.64. The summed E-state index contributed by atoms with van der Waals surface area (Å²) in [5.74, 6) is -0.272. The van der Waals surface area contributed by atoms with Crippen LogP contribution in [-0.2, 0) is 14.0 Å². The molecule has 0 saturated carbocycles. The molecule has 1 aliphatic rings. The first-order valence-electron chi connectivity index (χ1n) is 7.80. The van der Waals surface area contributed by atoms with Crippen molar-refractivity contribution < 1.29 is 18.8 Å². The summed E-state index contributed by atoms with van der Waals surface area (Å²) >= 11 is 1.44. The molecule has 0 spiro atoms. The average Bonchev–Trinajstić information content (AvgIpc) is 2.97. The zero-order valence-corrected chi connectivity index (χ0v) is 15.0. The van der Waals surface area contributed by atoms with Gasteiger partial charge in [0.05, 0.1) is 17.8 Å². The Bertz CT molecular complexity index is 734. The van der Waals surface area contributed by atoms with Gasteiger partial charge in [0.15, 0.2) is 0 Å². The number of fused-ring (bicyclic) bond motifs is 1. The molecule has 0 atom stereocenters. The maximum absolute atomic E-state index is 11.9. The Labute approximate surface area is 140 Å². The second-order valence-corrected chi connectivity index (χ2v) is 7.80. The lowest BCUT2D eigenvalue weighted by molar-refractivity contribution is 0.00578. The highest BCUT2D eigenvalue weighted by Crippen LogP contribution is 2.37. The Kier molecular flexibility index (Phi) is 4.03. The summed E-state index contributed by atoms with van der Waals surface area (Å²) in [4.78, 5) is 12.5. The van der Waals surface area contributed by atoms with Crippen LogP contribution in [0.15, 0.2) is 24.3 Å². The SMILES string of the molecule is CCOC(=O)c1cc2cc(B3OC(C)(C)C(C)(C)O3)ccc2s1. The van der Waals surface area contributed by atoms with Crippen LogP contribution in [0.2, 0.25) is 0 Å². The summed E-state index contributed by atoms with van der Waals surface area (Å²) in [6.45, 7) is 10.3. The Morgan fingerprint density at radius 3 is 2.43 bits per heavy atom. The van der Waals surface area contributed by atoms with E-state index < -0.39 is 7.12 Å². The van der Waals surface area contributed by atoms with Crippen molar-refractivity contribution in [3.8, 4) is 0 Å². The molecule has 2 heterocycles. The van der Waals surface area contributed by atoms with Crippen LogP contribution in [0.4, 0.5) is 0 Å². The number of hydrogen-bond acceptors (Lipinski definition) is 5. The normalized spacial score (nSPS) is 19.3. The molecule has 23 heavy (non-hydrogen) atoms. The number of thiophene rings is 1. The summed E-state index contributed by atoms with van der Waals surface area (Å²) in [6, 6.07) is 7.89. The summed E-state index contributed by atoms with van der Waals surface area (Å²) < 4.78 is 18.3. The van der Waals surface area contributed by atoms with Crippen LogP contribution in [0.25, 0.3) is 10.1 Å².